The van der Waals surface area contributed by atoms with Crippen molar-refractivity contribution in [2.45, 2.75) is 58.9 Å². The first-order valence-corrected chi connectivity index (χ1v) is 16.9. The maximum Gasteiger partial charge on any atom is 0.436 e. The van der Waals surface area contributed by atoms with Crippen LogP contribution in [0.1, 0.15) is 63.4 Å². The molecule has 0 spiro atoms. The fourth-order valence-corrected chi connectivity index (χ4v) is 5.47. The van der Waals surface area contributed by atoms with Gasteiger partial charge in [-0.2, -0.15) is 5.06 Å². The Balaban J connectivity index is 1.67. The van der Waals surface area contributed by atoms with Crippen LogP contribution in [0.4, 0.5) is 10.5 Å². The lowest BCUT2D eigenvalue weighted by Crippen LogP contribution is -2.49. The highest BCUT2D eigenvalue weighted by Crippen LogP contribution is 2.37. The molecular formula is C32H41N4O10P. The third-order valence-corrected chi connectivity index (χ3v) is 8.07. The van der Waals surface area contributed by atoms with Gasteiger partial charge >= 0.3 is 13.7 Å². The minimum absolute atomic E-state index is 0.107. The molecule has 0 radical (unpaired) electrons. The summed E-state index contributed by atoms with van der Waals surface area (Å²) in [7, 11) is -4.60. The van der Waals surface area contributed by atoms with Crippen LogP contribution in [0.25, 0.3) is 11.3 Å². The maximum absolute atomic E-state index is 13.4. The molecule has 0 saturated carbocycles. The summed E-state index contributed by atoms with van der Waals surface area (Å²) in [4.78, 5) is 75.3. The summed E-state index contributed by atoms with van der Waals surface area (Å²) in [5.41, 5.74) is 0.763. The largest absolute Gasteiger partial charge is 0.494 e. The molecule has 3 aromatic rings. The molecule has 2 aromatic carbocycles. The Morgan fingerprint density at radius 3 is 2.38 bits per heavy atom. The number of hydrogen-bond donors (Lipinski definition) is 5. The highest BCUT2D eigenvalue weighted by atomic mass is 31.2. The molecule has 0 unspecified atom stereocenters. The van der Waals surface area contributed by atoms with E-state index in [4.69, 9.17) is 14.0 Å². The number of unbranched alkanes of at least 4 members (excludes halogenated alkanes) is 2. The van der Waals surface area contributed by atoms with Crippen molar-refractivity contribution in [1.29, 1.82) is 0 Å². The molecule has 1 heterocycles. The Morgan fingerprint density at radius 2 is 1.74 bits per heavy atom. The number of rotatable bonds is 18. The van der Waals surface area contributed by atoms with E-state index in [2.05, 4.69) is 16.0 Å². The minimum Gasteiger partial charge on any atom is -0.494 e. The Morgan fingerprint density at radius 1 is 1.00 bits per heavy atom. The Kier molecular flexibility index (Phi) is 14.0. The zero-order valence-corrected chi connectivity index (χ0v) is 27.4. The zero-order chi connectivity index (χ0) is 34.4. The number of ether oxygens (including phenoxy) is 1. The van der Waals surface area contributed by atoms with Crippen molar-refractivity contribution in [1.82, 2.24) is 15.7 Å². The van der Waals surface area contributed by atoms with Gasteiger partial charge in [-0.15, -0.1) is 0 Å². The highest BCUT2D eigenvalue weighted by Gasteiger charge is 2.33. The first-order valence-electron chi connectivity index (χ1n) is 15.3. The van der Waals surface area contributed by atoms with Crippen LogP contribution in [0.2, 0.25) is 0 Å². The lowest BCUT2D eigenvalue weighted by molar-refractivity contribution is -0.167. The molecule has 0 aliphatic carbocycles. The van der Waals surface area contributed by atoms with Crippen molar-refractivity contribution in [3.8, 4) is 17.1 Å². The van der Waals surface area contributed by atoms with Gasteiger partial charge in [-0.25, -0.2) is 4.79 Å². The second-order valence-electron chi connectivity index (χ2n) is 10.5. The van der Waals surface area contributed by atoms with E-state index in [0.717, 1.165) is 17.9 Å². The van der Waals surface area contributed by atoms with Gasteiger partial charge in [0, 0.05) is 11.3 Å². The van der Waals surface area contributed by atoms with Crippen LogP contribution in [0, 0.1) is 5.92 Å². The molecule has 0 saturated heterocycles. The van der Waals surface area contributed by atoms with E-state index in [-0.39, 0.29) is 35.9 Å². The van der Waals surface area contributed by atoms with Gasteiger partial charge in [0.1, 0.15) is 11.5 Å². The smallest absolute Gasteiger partial charge is 0.436 e. The third-order valence-electron chi connectivity index (χ3n) is 7.14. The number of anilines is 1. The average Bonchev–Trinajstić information content (AvgIpc) is 3.54. The van der Waals surface area contributed by atoms with E-state index < -0.39 is 37.5 Å². The van der Waals surface area contributed by atoms with Crippen molar-refractivity contribution in [3.05, 3.63) is 66.4 Å². The normalized spacial score (nSPS) is 12.4. The number of hydrogen-bond acceptors (Lipinski definition) is 8. The van der Waals surface area contributed by atoms with Gasteiger partial charge in [0.05, 0.1) is 30.5 Å². The number of carbonyl (C=O) groups is 4. The number of carbonyl (C=O) groups excluding carboxylic acids is 4. The molecule has 3 rings (SSSR count). The quantitative estimate of drug-likeness (QED) is 0.0420. The van der Waals surface area contributed by atoms with Crippen molar-refractivity contribution in [3.63, 3.8) is 0 Å². The second kappa shape index (κ2) is 17.9. The van der Waals surface area contributed by atoms with Crippen molar-refractivity contribution >= 4 is 42.9 Å². The Hall–Kier alpha value is -4.65. The summed E-state index contributed by atoms with van der Waals surface area (Å²) in [5.74, 6) is -1.58. The van der Waals surface area contributed by atoms with Crippen molar-refractivity contribution < 1.29 is 47.5 Å². The molecule has 1 aromatic heterocycles. The first kappa shape index (κ1) is 36.8. The van der Waals surface area contributed by atoms with Crippen LogP contribution in [0.15, 0.2) is 65.1 Å². The molecule has 0 aliphatic heterocycles. The number of nitrogens with one attached hydrogen (secondary N) is 3. The van der Waals surface area contributed by atoms with E-state index in [0.29, 0.717) is 36.9 Å². The van der Waals surface area contributed by atoms with E-state index >= 15 is 0 Å². The molecule has 254 valence electrons. The first-order chi connectivity index (χ1) is 22.5. The van der Waals surface area contributed by atoms with Gasteiger partial charge in [0.2, 0.25) is 12.3 Å². The number of nitrogens with zero attached hydrogens (tertiary/aromatic N) is 1. The number of amides is 4. The molecule has 0 bridgehead atoms. The molecule has 4 amide bonds. The predicted molar refractivity (Wildman–Crippen MR) is 174 cm³/mol. The van der Waals surface area contributed by atoms with Crippen molar-refractivity contribution in [2.24, 2.45) is 5.92 Å². The summed E-state index contributed by atoms with van der Waals surface area (Å²) in [6.07, 6.45) is 2.61. The minimum atomic E-state index is -4.60. The topological polar surface area (TPSA) is 197 Å². The lowest BCUT2D eigenvalue weighted by atomic mass is 9.90. The Bertz CT molecular complexity index is 1540. The van der Waals surface area contributed by atoms with E-state index in [1.54, 1.807) is 44.2 Å². The molecule has 47 heavy (non-hydrogen) atoms. The van der Waals surface area contributed by atoms with Gasteiger partial charge in [-0.3, -0.25) is 24.3 Å². The summed E-state index contributed by atoms with van der Waals surface area (Å²) < 4.78 is 22.9. The zero-order valence-electron chi connectivity index (χ0n) is 26.5. The highest BCUT2D eigenvalue weighted by molar-refractivity contribution is 7.60. The van der Waals surface area contributed by atoms with Crippen LogP contribution in [-0.2, 0) is 19.0 Å². The maximum atomic E-state index is 13.4. The monoisotopic (exact) mass is 672 g/mol. The van der Waals surface area contributed by atoms with Gasteiger partial charge in [-0.05, 0) is 62.2 Å². The van der Waals surface area contributed by atoms with Crippen molar-refractivity contribution in [2.75, 3.05) is 18.6 Å². The van der Waals surface area contributed by atoms with Crippen LogP contribution in [0.5, 0.6) is 5.75 Å². The fourth-order valence-electron chi connectivity index (χ4n) is 4.87. The summed E-state index contributed by atoms with van der Waals surface area (Å²) in [6, 6.07) is 14.7. The lowest BCUT2D eigenvalue weighted by Gasteiger charge is -2.31. The SMILES string of the molecule is CCCCC[C@@H](C(=O)NCNC(=O)c1ccc(-c2cc(OCC)cc(P(=O)(O)O)c2)o1)[C@@H](CC)N(C=O)OC(=O)Nc1ccccc1. The predicted octanol–water partition coefficient (Wildman–Crippen LogP) is 4.55. The molecule has 2 atom stereocenters. The fraction of sp³-hybridized carbons (Fsp3) is 0.375. The van der Waals surface area contributed by atoms with E-state index in [1.165, 1.54) is 30.3 Å². The Labute approximate surface area is 272 Å². The van der Waals surface area contributed by atoms with E-state index in [9.17, 15) is 33.5 Å². The van der Waals surface area contributed by atoms with Gasteiger partial charge in [-0.1, -0.05) is 51.3 Å². The van der Waals surface area contributed by atoms with Crippen LogP contribution < -0.4 is 26.0 Å². The van der Waals surface area contributed by atoms with Gasteiger partial charge in [0.15, 0.2) is 5.76 Å². The number of para-hydroxylation sites is 1. The van der Waals surface area contributed by atoms with Gasteiger partial charge in [0.25, 0.3) is 5.91 Å². The summed E-state index contributed by atoms with van der Waals surface area (Å²) >= 11 is 0. The second-order valence-corrected chi connectivity index (χ2v) is 12.1. The van der Waals surface area contributed by atoms with Crippen LogP contribution >= 0.6 is 7.60 Å². The molecule has 14 nitrogen and oxygen atoms in total. The van der Waals surface area contributed by atoms with Crippen LogP contribution in [-0.4, -0.2) is 58.5 Å². The number of furan rings is 1. The molecular weight excluding hydrogens is 631 g/mol. The number of benzene rings is 2. The molecule has 0 fully saturated rings. The number of hydroxylamine groups is 2. The van der Waals surface area contributed by atoms with Gasteiger partial charge < -0.3 is 34.4 Å². The summed E-state index contributed by atoms with van der Waals surface area (Å²) in [6.45, 7) is 5.51. The molecule has 0 aliphatic rings. The standard InChI is InChI=1S/C32H41N4O10P/c1-4-7-9-14-26(27(5-2)36(21-37)46-32(40)35-23-12-10-8-11-13-23)30(38)33-20-34-31(39)29-16-15-28(45-29)22-17-24(44-6-3)19-25(18-22)47(41,42)43/h8,10-13,15-19,21,26-27H,4-7,9,14,20H2,1-3H3,(H,33,38)(H,34,39)(H,35,40)(H2,41,42,43)/t26-,27-/m1/s1. The summed E-state index contributed by atoms with van der Waals surface area (Å²) in [5, 5.41) is 8.33. The third kappa shape index (κ3) is 11.0. The van der Waals surface area contributed by atoms with E-state index in [1.807, 2.05) is 6.92 Å². The molecule has 5 N–H and O–H groups in total. The average molecular weight is 673 g/mol. The molecule has 15 heteroatoms. The van der Waals surface area contributed by atoms with Crippen LogP contribution in [0.3, 0.4) is 0 Å².